The Morgan fingerprint density at radius 3 is 2.35 bits per heavy atom. The number of carbonyl (C=O) groups excluding carboxylic acids is 1. The third-order valence-corrected chi connectivity index (χ3v) is 5.56. The van der Waals surface area contributed by atoms with Crippen LogP contribution in [0.3, 0.4) is 0 Å². The number of benzene rings is 2. The monoisotopic (exact) mass is 352 g/mol. The molecular formula is C21H24N2O3. The molecule has 5 rings (SSSR count). The number of fused-ring (bicyclic) bond motifs is 3. The summed E-state index contributed by atoms with van der Waals surface area (Å²) in [7, 11) is 0. The molecule has 2 bridgehead atoms. The molecule has 3 aliphatic heterocycles. The lowest BCUT2D eigenvalue weighted by atomic mass is 9.80. The number of phenols is 1. The van der Waals surface area contributed by atoms with Crippen molar-refractivity contribution in [2.45, 2.75) is 31.8 Å². The summed E-state index contributed by atoms with van der Waals surface area (Å²) in [5, 5.41) is 12.5. The molecule has 3 heterocycles. The van der Waals surface area contributed by atoms with Crippen LogP contribution in [0.1, 0.15) is 30.1 Å². The Labute approximate surface area is 153 Å². The van der Waals surface area contributed by atoms with E-state index in [9.17, 15) is 9.90 Å². The van der Waals surface area contributed by atoms with Gasteiger partial charge in [0, 0.05) is 24.2 Å². The second-order valence-electron chi connectivity index (χ2n) is 7.33. The number of hydrogen-bond donors (Lipinski definition) is 2. The molecule has 5 heteroatoms. The fourth-order valence-corrected chi connectivity index (χ4v) is 4.04. The van der Waals surface area contributed by atoms with Crippen molar-refractivity contribution in [3.8, 4) is 17.2 Å². The summed E-state index contributed by atoms with van der Waals surface area (Å²) in [4.78, 5) is 15.1. The summed E-state index contributed by atoms with van der Waals surface area (Å²) < 4.78 is 5.72. The second-order valence-corrected chi connectivity index (χ2v) is 7.33. The summed E-state index contributed by atoms with van der Waals surface area (Å²) >= 11 is 0. The summed E-state index contributed by atoms with van der Waals surface area (Å²) in [6.07, 6.45) is 2.35. The maximum absolute atomic E-state index is 12.6. The molecule has 2 aromatic carbocycles. The van der Waals surface area contributed by atoms with Gasteiger partial charge in [0.15, 0.2) is 0 Å². The van der Waals surface area contributed by atoms with Crippen molar-refractivity contribution in [3.05, 3.63) is 54.1 Å². The normalized spacial score (nSPS) is 27.1. The number of nitrogens with zero attached hydrogens (tertiary/aromatic N) is 1. The first-order valence-electron chi connectivity index (χ1n) is 9.20. The van der Waals surface area contributed by atoms with E-state index < -0.39 is 0 Å². The Bertz CT molecular complexity index is 773. The van der Waals surface area contributed by atoms with E-state index in [4.69, 9.17) is 4.74 Å². The van der Waals surface area contributed by atoms with E-state index in [0.717, 1.165) is 13.1 Å². The zero-order chi connectivity index (χ0) is 18.1. The molecule has 4 atom stereocenters. The highest BCUT2D eigenvalue weighted by Crippen LogP contribution is 2.32. The van der Waals surface area contributed by atoms with E-state index in [-0.39, 0.29) is 17.7 Å². The van der Waals surface area contributed by atoms with E-state index >= 15 is 0 Å². The van der Waals surface area contributed by atoms with E-state index in [0.29, 0.717) is 29.0 Å². The number of phenolic OH excluding ortho intramolecular Hbond substituents is 1. The molecule has 0 saturated carbocycles. The van der Waals surface area contributed by atoms with Crippen molar-refractivity contribution in [1.29, 1.82) is 0 Å². The average Bonchev–Trinajstić information content (AvgIpc) is 2.65. The standard InChI is InChI=1S/C21H24N2O3/c1-14-12-16-10-11-23(14)13-20(16)22-21(25)15-2-6-18(7-3-15)26-19-8-4-17(24)5-9-19/h2-9,14,16,20,24H,10-13H2,1H3,(H,22,25). The first kappa shape index (κ1) is 16.9. The van der Waals surface area contributed by atoms with Crippen molar-refractivity contribution in [3.63, 3.8) is 0 Å². The van der Waals surface area contributed by atoms with Gasteiger partial charge < -0.3 is 15.2 Å². The van der Waals surface area contributed by atoms with E-state index in [2.05, 4.69) is 17.1 Å². The lowest BCUT2D eigenvalue weighted by Gasteiger charge is -2.48. The van der Waals surface area contributed by atoms with Crippen molar-refractivity contribution in [1.82, 2.24) is 10.2 Å². The Morgan fingerprint density at radius 2 is 1.77 bits per heavy atom. The highest BCUT2D eigenvalue weighted by atomic mass is 16.5. The quantitative estimate of drug-likeness (QED) is 0.885. The molecule has 4 unspecified atom stereocenters. The molecule has 136 valence electrons. The molecule has 3 aliphatic rings. The molecule has 0 radical (unpaired) electrons. The van der Waals surface area contributed by atoms with Crippen LogP contribution < -0.4 is 10.1 Å². The van der Waals surface area contributed by atoms with Gasteiger partial charge in [-0.15, -0.1) is 0 Å². The largest absolute Gasteiger partial charge is 0.508 e. The fraction of sp³-hybridized carbons (Fsp3) is 0.381. The topological polar surface area (TPSA) is 61.8 Å². The molecule has 26 heavy (non-hydrogen) atoms. The molecule has 2 aromatic rings. The molecular weight excluding hydrogens is 328 g/mol. The Hall–Kier alpha value is -2.53. The first-order chi connectivity index (χ1) is 12.6. The highest BCUT2D eigenvalue weighted by Gasteiger charge is 2.38. The van der Waals surface area contributed by atoms with E-state index in [1.807, 2.05) is 0 Å². The average molecular weight is 352 g/mol. The maximum atomic E-state index is 12.6. The van der Waals surface area contributed by atoms with Crippen LogP contribution in [0.15, 0.2) is 48.5 Å². The Balaban J connectivity index is 1.37. The zero-order valence-corrected chi connectivity index (χ0v) is 14.9. The van der Waals surface area contributed by atoms with Crippen LogP contribution in [0, 0.1) is 5.92 Å². The van der Waals surface area contributed by atoms with Crippen molar-refractivity contribution in [2.24, 2.45) is 5.92 Å². The predicted octanol–water partition coefficient (Wildman–Crippen LogP) is 3.40. The van der Waals surface area contributed by atoms with Gasteiger partial charge in [0.1, 0.15) is 17.2 Å². The van der Waals surface area contributed by atoms with E-state index in [1.165, 1.54) is 12.8 Å². The van der Waals surface area contributed by atoms with Crippen LogP contribution in [0.25, 0.3) is 0 Å². The van der Waals surface area contributed by atoms with Gasteiger partial charge in [0.25, 0.3) is 5.91 Å². The van der Waals surface area contributed by atoms with Crippen molar-refractivity contribution < 1.29 is 14.6 Å². The molecule has 0 aliphatic carbocycles. The minimum absolute atomic E-state index is 0.0208. The third-order valence-electron chi connectivity index (χ3n) is 5.56. The first-order valence-corrected chi connectivity index (χ1v) is 9.20. The number of carbonyl (C=O) groups is 1. The van der Waals surface area contributed by atoms with Crippen LogP contribution in [-0.2, 0) is 0 Å². The smallest absolute Gasteiger partial charge is 0.251 e. The summed E-state index contributed by atoms with van der Waals surface area (Å²) in [5.74, 6) is 2.07. The lowest BCUT2D eigenvalue weighted by molar-refractivity contribution is 0.0274. The fourth-order valence-electron chi connectivity index (χ4n) is 4.04. The van der Waals surface area contributed by atoms with Crippen LogP contribution in [0.4, 0.5) is 0 Å². The molecule has 0 spiro atoms. The maximum Gasteiger partial charge on any atom is 0.251 e. The molecule has 0 aromatic heterocycles. The minimum Gasteiger partial charge on any atom is -0.508 e. The number of hydrogen-bond acceptors (Lipinski definition) is 4. The van der Waals surface area contributed by atoms with Crippen LogP contribution in [0.2, 0.25) is 0 Å². The van der Waals surface area contributed by atoms with Gasteiger partial charge in [-0.25, -0.2) is 0 Å². The summed E-state index contributed by atoms with van der Waals surface area (Å²) in [6, 6.07) is 14.6. The van der Waals surface area contributed by atoms with Crippen molar-refractivity contribution >= 4 is 5.91 Å². The summed E-state index contributed by atoms with van der Waals surface area (Å²) in [6.45, 7) is 4.39. The number of ether oxygens (including phenoxy) is 1. The third kappa shape index (κ3) is 3.53. The van der Waals surface area contributed by atoms with Gasteiger partial charge in [-0.05, 0) is 80.8 Å². The number of piperidine rings is 3. The molecule has 2 N–H and O–H groups in total. The lowest BCUT2D eigenvalue weighted by Crippen LogP contribution is -2.60. The number of nitrogens with one attached hydrogen (secondary N) is 1. The van der Waals surface area contributed by atoms with Gasteiger partial charge in [-0.2, -0.15) is 0 Å². The minimum atomic E-state index is -0.0208. The number of aromatic hydroxyl groups is 1. The molecule has 5 nitrogen and oxygen atoms in total. The molecule has 1 amide bonds. The Morgan fingerprint density at radius 1 is 1.12 bits per heavy atom. The van der Waals surface area contributed by atoms with Gasteiger partial charge in [-0.3, -0.25) is 9.69 Å². The van der Waals surface area contributed by atoms with Crippen molar-refractivity contribution in [2.75, 3.05) is 13.1 Å². The molecule has 3 fully saturated rings. The number of rotatable bonds is 4. The SMILES string of the molecule is CC1CC2CCN1CC2NC(=O)c1ccc(Oc2ccc(O)cc2)cc1. The highest BCUT2D eigenvalue weighted by molar-refractivity contribution is 5.94. The van der Waals surface area contributed by atoms with E-state index in [1.54, 1.807) is 48.5 Å². The van der Waals surface area contributed by atoms with Gasteiger partial charge in [-0.1, -0.05) is 0 Å². The van der Waals surface area contributed by atoms with Gasteiger partial charge in [0.05, 0.1) is 0 Å². The second kappa shape index (κ2) is 7.00. The van der Waals surface area contributed by atoms with Crippen LogP contribution in [-0.4, -0.2) is 41.1 Å². The zero-order valence-electron chi connectivity index (χ0n) is 14.9. The van der Waals surface area contributed by atoms with Gasteiger partial charge in [0.2, 0.25) is 0 Å². The van der Waals surface area contributed by atoms with Gasteiger partial charge >= 0.3 is 0 Å². The number of amides is 1. The predicted molar refractivity (Wildman–Crippen MR) is 99.6 cm³/mol. The Kier molecular flexibility index (Phi) is 4.55. The summed E-state index contributed by atoms with van der Waals surface area (Å²) in [5.41, 5.74) is 0.646. The van der Waals surface area contributed by atoms with Crippen LogP contribution in [0.5, 0.6) is 17.2 Å². The molecule has 3 saturated heterocycles. The van der Waals surface area contributed by atoms with Crippen LogP contribution >= 0.6 is 0 Å².